The van der Waals surface area contributed by atoms with Crippen LogP contribution in [-0.2, 0) is 0 Å². The van der Waals surface area contributed by atoms with Crippen molar-refractivity contribution in [1.82, 2.24) is 5.32 Å². The summed E-state index contributed by atoms with van der Waals surface area (Å²) >= 11 is 0. The zero-order valence-corrected chi connectivity index (χ0v) is 14.3. The lowest BCUT2D eigenvalue weighted by atomic mass is 9.90. The Balaban J connectivity index is 1.74. The third kappa shape index (κ3) is 2.42. The normalized spacial score (nSPS) is 23.5. The van der Waals surface area contributed by atoms with Crippen molar-refractivity contribution in [2.75, 3.05) is 12.0 Å². The molecular formula is C18H17N3O5. The number of non-ortho nitro benzene ring substituents is 1. The number of anilines is 1. The number of methoxy groups -OCH3 is 1. The number of carbonyl (C=O) groups is 1. The van der Waals surface area contributed by atoms with Crippen molar-refractivity contribution in [1.29, 1.82) is 0 Å². The molecule has 2 aliphatic rings. The van der Waals surface area contributed by atoms with Gasteiger partial charge < -0.3 is 14.8 Å². The van der Waals surface area contributed by atoms with Crippen LogP contribution < -0.4 is 19.7 Å². The SMILES string of the molecule is COc1ccc(N2C(=O)NC3CC2(C)Oc2ccc([N+](=O)[O-])cc23)cc1. The number of hydrogen-bond acceptors (Lipinski definition) is 5. The first-order chi connectivity index (χ1) is 12.4. The molecule has 2 unspecified atom stereocenters. The predicted molar refractivity (Wildman–Crippen MR) is 93.5 cm³/mol. The van der Waals surface area contributed by atoms with Crippen LogP contribution in [-0.4, -0.2) is 23.8 Å². The third-order valence-corrected chi connectivity index (χ3v) is 4.80. The van der Waals surface area contributed by atoms with Gasteiger partial charge in [-0.15, -0.1) is 0 Å². The summed E-state index contributed by atoms with van der Waals surface area (Å²) in [5.41, 5.74) is 0.377. The van der Waals surface area contributed by atoms with Gasteiger partial charge in [0.15, 0.2) is 5.72 Å². The van der Waals surface area contributed by atoms with Gasteiger partial charge in [0, 0.05) is 29.8 Å². The van der Waals surface area contributed by atoms with Crippen LogP contribution in [0.4, 0.5) is 16.2 Å². The van der Waals surface area contributed by atoms with Gasteiger partial charge >= 0.3 is 6.03 Å². The second-order valence-electron chi connectivity index (χ2n) is 6.50. The largest absolute Gasteiger partial charge is 0.497 e. The minimum absolute atomic E-state index is 0.0252. The number of ether oxygens (including phenoxy) is 2. The van der Waals surface area contributed by atoms with Crippen LogP contribution in [0.15, 0.2) is 42.5 Å². The van der Waals surface area contributed by atoms with E-state index in [9.17, 15) is 14.9 Å². The highest BCUT2D eigenvalue weighted by atomic mass is 16.6. The highest BCUT2D eigenvalue weighted by molar-refractivity contribution is 5.95. The predicted octanol–water partition coefficient (Wildman–Crippen LogP) is 3.37. The fourth-order valence-electron chi connectivity index (χ4n) is 3.60. The second-order valence-corrected chi connectivity index (χ2v) is 6.50. The van der Waals surface area contributed by atoms with Crippen LogP contribution >= 0.6 is 0 Å². The number of hydrogen-bond donors (Lipinski definition) is 1. The van der Waals surface area contributed by atoms with Crippen molar-refractivity contribution < 1.29 is 19.2 Å². The van der Waals surface area contributed by atoms with E-state index in [1.165, 1.54) is 12.1 Å². The molecule has 2 aromatic carbocycles. The molecule has 2 atom stereocenters. The van der Waals surface area contributed by atoms with Gasteiger partial charge in [-0.25, -0.2) is 4.79 Å². The van der Waals surface area contributed by atoms with Crippen LogP contribution in [0.5, 0.6) is 11.5 Å². The van der Waals surface area contributed by atoms with Crippen molar-refractivity contribution >= 4 is 17.4 Å². The average molecular weight is 355 g/mol. The van der Waals surface area contributed by atoms with Crippen molar-refractivity contribution in [3.8, 4) is 11.5 Å². The lowest BCUT2D eigenvalue weighted by molar-refractivity contribution is -0.385. The zero-order chi connectivity index (χ0) is 18.5. The molecule has 0 aromatic heterocycles. The average Bonchev–Trinajstić information content (AvgIpc) is 2.61. The van der Waals surface area contributed by atoms with E-state index < -0.39 is 10.6 Å². The summed E-state index contributed by atoms with van der Waals surface area (Å²) in [5.74, 6) is 1.23. The van der Waals surface area contributed by atoms with Crippen molar-refractivity contribution in [3.05, 3.63) is 58.1 Å². The minimum Gasteiger partial charge on any atom is -0.497 e. The maximum absolute atomic E-state index is 12.8. The van der Waals surface area contributed by atoms with E-state index >= 15 is 0 Å². The van der Waals surface area contributed by atoms with Crippen molar-refractivity contribution in [2.45, 2.75) is 25.1 Å². The first-order valence-corrected chi connectivity index (χ1v) is 8.13. The Morgan fingerprint density at radius 3 is 2.69 bits per heavy atom. The molecule has 2 aromatic rings. The number of rotatable bonds is 3. The summed E-state index contributed by atoms with van der Waals surface area (Å²) in [5, 5.41) is 14.0. The van der Waals surface area contributed by atoms with Crippen LogP contribution in [0.3, 0.4) is 0 Å². The molecule has 0 spiro atoms. The Kier molecular flexibility index (Phi) is 3.50. The summed E-state index contributed by atoms with van der Waals surface area (Å²) in [6, 6.07) is 10.9. The van der Waals surface area contributed by atoms with E-state index in [0.717, 1.165) is 0 Å². The quantitative estimate of drug-likeness (QED) is 0.673. The van der Waals surface area contributed by atoms with E-state index in [1.807, 2.05) is 6.92 Å². The first-order valence-electron chi connectivity index (χ1n) is 8.13. The fourth-order valence-corrected chi connectivity index (χ4v) is 3.60. The van der Waals surface area contributed by atoms with Crippen molar-refractivity contribution in [2.24, 2.45) is 0 Å². The van der Waals surface area contributed by atoms with E-state index in [2.05, 4.69) is 5.32 Å². The number of urea groups is 1. The van der Waals surface area contributed by atoms with Crippen molar-refractivity contribution in [3.63, 3.8) is 0 Å². The van der Waals surface area contributed by atoms with Gasteiger partial charge in [0.1, 0.15) is 11.5 Å². The Morgan fingerprint density at radius 2 is 2.04 bits per heavy atom. The summed E-state index contributed by atoms with van der Waals surface area (Å²) in [7, 11) is 1.58. The second kappa shape index (κ2) is 5.62. The number of nitro groups is 1. The molecule has 134 valence electrons. The van der Waals surface area contributed by atoms with Gasteiger partial charge in [-0.2, -0.15) is 0 Å². The molecule has 1 saturated heterocycles. The van der Waals surface area contributed by atoms with E-state index in [0.29, 0.717) is 29.2 Å². The van der Waals surface area contributed by atoms with E-state index in [-0.39, 0.29) is 17.8 Å². The van der Waals surface area contributed by atoms with Crippen LogP contribution in [0, 0.1) is 10.1 Å². The molecule has 8 nitrogen and oxygen atoms in total. The molecule has 1 fully saturated rings. The highest BCUT2D eigenvalue weighted by Crippen LogP contribution is 2.46. The van der Waals surface area contributed by atoms with Gasteiger partial charge in [0.05, 0.1) is 18.1 Å². The molecule has 2 amide bonds. The van der Waals surface area contributed by atoms with Crippen LogP contribution in [0.25, 0.3) is 0 Å². The number of nitrogens with one attached hydrogen (secondary N) is 1. The minimum atomic E-state index is -0.898. The fraction of sp³-hybridized carbons (Fsp3) is 0.278. The monoisotopic (exact) mass is 355 g/mol. The molecule has 2 heterocycles. The lowest BCUT2D eigenvalue weighted by Gasteiger charge is -2.50. The van der Waals surface area contributed by atoms with Gasteiger partial charge in [-0.3, -0.25) is 15.0 Å². The molecule has 0 saturated carbocycles. The maximum atomic E-state index is 12.8. The molecule has 0 radical (unpaired) electrons. The number of nitrogens with zero attached hydrogens (tertiary/aromatic N) is 2. The maximum Gasteiger partial charge on any atom is 0.325 e. The van der Waals surface area contributed by atoms with Gasteiger partial charge in [0.25, 0.3) is 5.69 Å². The van der Waals surface area contributed by atoms with E-state index in [4.69, 9.17) is 9.47 Å². The summed E-state index contributed by atoms with van der Waals surface area (Å²) in [6.45, 7) is 1.84. The summed E-state index contributed by atoms with van der Waals surface area (Å²) in [6.07, 6.45) is 0.471. The molecule has 1 N–H and O–H groups in total. The van der Waals surface area contributed by atoms with Gasteiger partial charge in [0.2, 0.25) is 0 Å². The smallest absolute Gasteiger partial charge is 0.325 e. The number of amides is 2. The highest BCUT2D eigenvalue weighted by Gasteiger charge is 2.50. The standard InChI is InChI=1S/C18H17N3O5/c1-18-10-15(14-9-12(21(23)24)5-8-16(14)26-18)19-17(22)20(18)11-3-6-13(25-2)7-4-11/h3-9,15H,10H2,1-2H3,(H,19,22). The third-order valence-electron chi connectivity index (χ3n) is 4.80. The Hall–Kier alpha value is -3.29. The summed E-state index contributed by atoms with van der Waals surface area (Å²) in [4.78, 5) is 24.9. The Morgan fingerprint density at radius 1 is 1.31 bits per heavy atom. The molecule has 2 bridgehead atoms. The Bertz CT molecular complexity index is 898. The molecule has 0 aliphatic carbocycles. The van der Waals surface area contributed by atoms with Gasteiger partial charge in [-0.1, -0.05) is 0 Å². The van der Waals surface area contributed by atoms with Crippen LogP contribution in [0.2, 0.25) is 0 Å². The molecule has 4 rings (SSSR count). The van der Waals surface area contributed by atoms with Gasteiger partial charge in [-0.05, 0) is 37.3 Å². The molecular weight excluding hydrogens is 338 g/mol. The van der Waals surface area contributed by atoms with Crippen LogP contribution in [0.1, 0.15) is 24.9 Å². The zero-order valence-electron chi connectivity index (χ0n) is 14.3. The molecule has 26 heavy (non-hydrogen) atoms. The first kappa shape index (κ1) is 16.2. The Labute approximate surface area is 149 Å². The molecule has 2 aliphatic heterocycles. The molecule has 8 heteroatoms. The number of carbonyl (C=O) groups excluding carboxylic acids is 1. The number of benzene rings is 2. The number of nitro benzene ring substituents is 1. The van der Waals surface area contributed by atoms with E-state index in [1.54, 1.807) is 42.3 Å². The summed E-state index contributed by atoms with van der Waals surface area (Å²) < 4.78 is 11.3. The number of fused-ring (bicyclic) bond motifs is 4. The lowest BCUT2D eigenvalue weighted by Crippen LogP contribution is -2.65. The topological polar surface area (TPSA) is 93.9 Å².